The molecule has 2 heterocycles. The summed E-state index contributed by atoms with van der Waals surface area (Å²) in [6.07, 6.45) is 0.547. The molecular weight excluding hydrogens is 400 g/mol. The van der Waals surface area contributed by atoms with Crippen LogP contribution in [-0.2, 0) is 11.2 Å². The van der Waals surface area contributed by atoms with Gasteiger partial charge in [-0.15, -0.1) is 11.3 Å². The van der Waals surface area contributed by atoms with Crippen LogP contribution in [0.1, 0.15) is 17.7 Å². The zero-order valence-electron chi connectivity index (χ0n) is 14.0. The highest BCUT2D eigenvalue weighted by Crippen LogP contribution is 2.33. The summed E-state index contributed by atoms with van der Waals surface area (Å²) in [4.78, 5) is 16.4. The second kappa shape index (κ2) is 8.45. The molecule has 0 atom stereocenters. The number of anilines is 1. The van der Waals surface area contributed by atoms with Gasteiger partial charge in [-0.1, -0.05) is 17.3 Å². The number of carbonyl (C=O) groups excluding carboxylic acids is 1. The van der Waals surface area contributed by atoms with E-state index in [4.69, 9.17) is 16.1 Å². The Morgan fingerprint density at radius 3 is 2.89 bits per heavy atom. The van der Waals surface area contributed by atoms with Crippen molar-refractivity contribution >= 4 is 34.0 Å². The molecule has 0 radical (unpaired) electrons. The van der Waals surface area contributed by atoms with Gasteiger partial charge < -0.3 is 14.6 Å². The Balaban J connectivity index is 1.65. The number of aromatic nitrogens is 2. The van der Waals surface area contributed by atoms with Gasteiger partial charge in [0.05, 0.1) is 11.4 Å². The van der Waals surface area contributed by atoms with E-state index < -0.39 is 6.61 Å². The van der Waals surface area contributed by atoms with Crippen molar-refractivity contribution in [3.05, 3.63) is 46.1 Å². The topological polar surface area (TPSA) is 77.3 Å². The highest BCUT2D eigenvalue weighted by molar-refractivity contribution is 7.14. The van der Waals surface area contributed by atoms with Crippen molar-refractivity contribution in [1.29, 1.82) is 0 Å². The maximum atomic E-state index is 12.5. The van der Waals surface area contributed by atoms with E-state index in [9.17, 15) is 13.6 Å². The summed E-state index contributed by atoms with van der Waals surface area (Å²) in [6.45, 7) is -1.19. The largest absolute Gasteiger partial charge is 0.434 e. The Bertz CT molecular complexity index is 926. The van der Waals surface area contributed by atoms with Crippen LogP contribution in [0.25, 0.3) is 11.3 Å². The van der Waals surface area contributed by atoms with Crippen molar-refractivity contribution in [3.8, 4) is 17.0 Å². The number of aryl methyl sites for hydroxylation is 1. The van der Waals surface area contributed by atoms with E-state index in [2.05, 4.69) is 20.2 Å². The third kappa shape index (κ3) is 4.81. The predicted octanol–water partition coefficient (Wildman–Crippen LogP) is 4.93. The number of carbonyl (C=O) groups is 1. The van der Waals surface area contributed by atoms with Crippen LogP contribution in [0.2, 0.25) is 5.22 Å². The van der Waals surface area contributed by atoms with E-state index in [0.717, 1.165) is 0 Å². The molecule has 1 aromatic carbocycles. The van der Waals surface area contributed by atoms with Crippen molar-refractivity contribution in [2.45, 2.75) is 26.4 Å². The van der Waals surface area contributed by atoms with Gasteiger partial charge in [-0.3, -0.25) is 4.79 Å². The summed E-state index contributed by atoms with van der Waals surface area (Å²) in [5.41, 5.74) is 2.18. The number of benzene rings is 1. The molecule has 6 nitrogen and oxygen atoms in total. The maximum Gasteiger partial charge on any atom is 0.387 e. The number of rotatable bonds is 7. The maximum absolute atomic E-state index is 12.5. The average molecular weight is 414 g/mol. The number of halogens is 3. The fraction of sp³-hybridized carbons (Fsp3) is 0.235. The molecule has 3 rings (SSSR count). The predicted molar refractivity (Wildman–Crippen MR) is 97.4 cm³/mol. The number of hydrogen-bond acceptors (Lipinski definition) is 6. The highest BCUT2D eigenvalue weighted by Gasteiger charge is 2.16. The molecule has 0 saturated carbocycles. The van der Waals surface area contributed by atoms with Gasteiger partial charge in [-0.25, -0.2) is 4.98 Å². The van der Waals surface area contributed by atoms with E-state index in [1.807, 2.05) is 0 Å². The van der Waals surface area contributed by atoms with E-state index >= 15 is 0 Å². The quantitative estimate of drug-likeness (QED) is 0.594. The number of nitrogens with one attached hydrogen (secondary N) is 1. The van der Waals surface area contributed by atoms with Gasteiger partial charge in [0.15, 0.2) is 5.13 Å². The third-order valence-corrected chi connectivity index (χ3v) is 4.72. The summed E-state index contributed by atoms with van der Waals surface area (Å²) in [7, 11) is 0. The van der Waals surface area contributed by atoms with Crippen LogP contribution in [0.5, 0.6) is 5.75 Å². The van der Waals surface area contributed by atoms with Crippen LogP contribution in [0.4, 0.5) is 13.9 Å². The van der Waals surface area contributed by atoms with E-state index in [0.29, 0.717) is 34.1 Å². The molecule has 10 heteroatoms. The van der Waals surface area contributed by atoms with Crippen molar-refractivity contribution in [3.63, 3.8) is 0 Å². The number of ether oxygens (including phenoxy) is 1. The summed E-state index contributed by atoms with van der Waals surface area (Å²) < 4.78 is 34.4. The number of thiazole rings is 1. The molecule has 2 aromatic heterocycles. The normalized spacial score (nSPS) is 11.0. The Kier molecular flexibility index (Phi) is 6.02. The molecule has 1 N–H and O–H groups in total. The minimum absolute atomic E-state index is 0.0215. The second-order valence-electron chi connectivity index (χ2n) is 5.48. The zero-order valence-corrected chi connectivity index (χ0v) is 15.6. The molecule has 3 aromatic rings. The van der Waals surface area contributed by atoms with Crippen LogP contribution in [0.15, 0.2) is 34.2 Å². The SMILES string of the molecule is Cc1noc(Cl)c1CCC(=O)Nc1nc(-c2ccccc2OC(F)F)cs1. The van der Waals surface area contributed by atoms with Gasteiger partial charge in [0.2, 0.25) is 11.1 Å². The molecule has 0 saturated heterocycles. The first-order chi connectivity index (χ1) is 12.9. The standard InChI is InChI=1S/C17H14ClF2N3O3S/c1-9-10(15(18)26-23-9)6-7-14(24)22-17-21-12(8-27-17)11-4-2-3-5-13(11)25-16(19)20/h2-5,8,16H,6-7H2,1H3,(H,21,22,24). The number of hydrogen-bond donors (Lipinski definition) is 1. The molecule has 27 heavy (non-hydrogen) atoms. The average Bonchev–Trinajstić information content (AvgIpc) is 3.20. The fourth-order valence-electron chi connectivity index (χ4n) is 2.39. The van der Waals surface area contributed by atoms with Gasteiger partial charge in [0, 0.05) is 22.9 Å². The lowest BCUT2D eigenvalue weighted by molar-refractivity contribution is -0.116. The molecule has 0 unspecified atom stereocenters. The van der Waals surface area contributed by atoms with Gasteiger partial charge >= 0.3 is 6.61 Å². The Morgan fingerprint density at radius 1 is 1.41 bits per heavy atom. The Morgan fingerprint density at radius 2 is 2.19 bits per heavy atom. The first kappa shape index (κ1) is 19.2. The van der Waals surface area contributed by atoms with Gasteiger partial charge in [0.1, 0.15) is 5.75 Å². The zero-order chi connectivity index (χ0) is 19.4. The Hall–Kier alpha value is -2.52. The van der Waals surface area contributed by atoms with Crippen LogP contribution in [-0.4, -0.2) is 22.7 Å². The van der Waals surface area contributed by atoms with Crippen molar-refractivity contribution in [1.82, 2.24) is 10.1 Å². The van der Waals surface area contributed by atoms with Crippen molar-refractivity contribution < 1.29 is 22.8 Å². The number of alkyl halides is 2. The third-order valence-electron chi connectivity index (χ3n) is 3.67. The van der Waals surface area contributed by atoms with Crippen molar-refractivity contribution in [2.24, 2.45) is 0 Å². The van der Waals surface area contributed by atoms with Crippen LogP contribution >= 0.6 is 22.9 Å². The number of para-hydroxylation sites is 1. The second-order valence-corrected chi connectivity index (χ2v) is 6.68. The molecule has 0 aliphatic heterocycles. The molecular formula is C17H14ClF2N3O3S. The van der Waals surface area contributed by atoms with Crippen LogP contribution in [0, 0.1) is 6.92 Å². The lowest BCUT2D eigenvalue weighted by Gasteiger charge is -2.08. The number of amides is 1. The first-order valence-electron chi connectivity index (χ1n) is 7.84. The van der Waals surface area contributed by atoms with Crippen molar-refractivity contribution in [2.75, 3.05) is 5.32 Å². The highest BCUT2D eigenvalue weighted by atomic mass is 35.5. The van der Waals surface area contributed by atoms with Gasteiger partial charge in [-0.2, -0.15) is 8.78 Å². The van der Waals surface area contributed by atoms with Crippen LogP contribution < -0.4 is 10.1 Å². The minimum Gasteiger partial charge on any atom is -0.434 e. The fourth-order valence-corrected chi connectivity index (χ4v) is 3.38. The lowest BCUT2D eigenvalue weighted by atomic mass is 10.1. The van der Waals surface area contributed by atoms with E-state index in [1.54, 1.807) is 30.5 Å². The van der Waals surface area contributed by atoms with Gasteiger partial charge in [-0.05, 0) is 37.1 Å². The number of nitrogens with zero attached hydrogens (tertiary/aromatic N) is 2. The summed E-state index contributed by atoms with van der Waals surface area (Å²) in [5.74, 6) is -0.238. The van der Waals surface area contributed by atoms with Gasteiger partial charge in [0.25, 0.3) is 0 Å². The molecule has 0 spiro atoms. The summed E-state index contributed by atoms with van der Waals surface area (Å²) in [6, 6.07) is 6.34. The summed E-state index contributed by atoms with van der Waals surface area (Å²) >= 11 is 7.06. The lowest BCUT2D eigenvalue weighted by Crippen LogP contribution is -2.12. The minimum atomic E-state index is -2.93. The molecule has 0 fully saturated rings. The monoisotopic (exact) mass is 413 g/mol. The van der Waals surface area contributed by atoms with Crippen LogP contribution in [0.3, 0.4) is 0 Å². The first-order valence-corrected chi connectivity index (χ1v) is 9.10. The molecule has 1 amide bonds. The van der Waals surface area contributed by atoms with E-state index in [-0.39, 0.29) is 23.3 Å². The molecule has 0 aliphatic rings. The Labute approximate surface area is 162 Å². The molecule has 0 bridgehead atoms. The molecule has 0 aliphatic carbocycles. The summed E-state index contributed by atoms with van der Waals surface area (Å²) in [5, 5.41) is 8.60. The van der Waals surface area contributed by atoms with E-state index in [1.165, 1.54) is 17.4 Å². The molecule has 142 valence electrons. The smallest absolute Gasteiger partial charge is 0.387 e.